The van der Waals surface area contributed by atoms with Crippen LogP contribution >= 0.6 is 0 Å². The van der Waals surface area contributed by atoms with Gasteiger partial charge in [0.1, 0.15) is 11.4 Å². The molecule has 3 rings (SSSR count). The zero-order valence-corrected chi connectivity index (χ0v) is 14.0. The summed E-state index contributed by atoms with van der Waals surface area (Å²) >= 11 is 0. The molecule has 0 unspecified atom stereocenters. The highest BCUT2D eigenvalue weighted by molar-refractivity contribution is 5.58. The van der Waals surface area contributed by atoms with Gasteiger partial charge in [0.15, 0.2) is 0 Å². The van der Waals surface area contributed by atoms with E-state index in [-0.39, 0.29) is 11.8 Å². The van der Waals surface area contributed by atoms with Crippen molar-refractivity contribution in [3.8, 4) is 0 Å². The van der Waals surface area contributed by atoms with E-state index >= 15 is 0 Å². The third kappa shape index (κ3) is 3.73. The van der Waals surface area contributed by atoms with Gasteiger partial charge < -0.3 is 10.6 Å². The molecule has 0 radical (unpaired) electrons. The Labute approximate surface area is 147 Å². The fourth-order valence-corrected chi connectivity index (χ4v) is 2.35. The SMILES string of the molecule is CNc1nc(Nc2cnn(Cc3cccnc3)c2C)ncc1C(F)(F)F. The number of anilines is 3. The molecule has 0 saturated heterocycles. The van der Waals surface area contributed by atoms with Crippen LogP contribution in [-0.2, 0) is 12.7 Å². The highest BCUT2D eigenvalue weighted by atomic mass is 19.4. The summed E-state index contributed by atoms with van der Waals surface area (Å²) in [6.45, 7) is 2.37. The Balaban J connectivity index is 1.81. The molecular formula is C16H16F3N7. The molecule has 3 heterocycles. The maximum atomic E-state index is 12.9. The van der Waals surface area contributed by atoms with Gasteiger partial charge in [0, 0.05) is 25.6 Å². The van der Waals surface area contributed by atoms with Gasteiger partial charge in [-0.1, -0.05) is 6.07 Å². The minimum absolute atomic E-state index is 0.0476. The van der Waals surface area contributed by atoms with Crippen LogP contribution in [0.15, 0.2) is 36.9 Å². The van der Waals surface area contributed by atoms with Crippen LogP contribution in [-0.4, -0.2) is 31.8 Å². The summed E-state index contributed by atoms with van der Waals surface area (Å²) in [6.07, 6.45) is 1.23. The van der Waals surface area contributed by atoms with Crippen molar-refractivity contribution < 1.29 is 13.2 Å². The number of aromatic nitrogens is 5. The number of alkyl halides is 3. The molecule has 0 aromatic carbocycles. The zero-order valence-electron chi connectivity index (χ0n) is 14.0. The van der Waals surface area contributed by atoms with Gasteiger partial charge in [0.2, 0.25) is 5.95 Å². The Bertz CT molecular complexity index is 891. The van der Waals surface area contributed by atoms with Crippen molar-refractivity contribution in [2.24, 2.45) is 0 Å². The highest BCUT2D eigenvalue weighted by Gasteiger charge is 2.35. The third-order valence-corrected chi connectivity index (χ3v) is 3.74. The standard InChI is InChI=1S/C16H16F3N7/c1-10-13(8-23-26(10)9-11-4-3-5-21-6-11)24-15-22-7-12(16(17,18)19)14(20-2)25-15/h3-8H,9H2,1-2H3,(H2,20,22,24,25). The molecule has 0 fully saturated rings. The first-order valence-electron chi connectivity index (χ1n) is 7.69. The summed E-state index contributed by atoms with van der Waals surface area (Å²) < 4.78 is 40.5. The Hall–Kier alpha value is -3.17. The van der Waals surface area contributed by atoms with Crippen molar-refractivity contribution in [3.05, 3.63) is 53.7 Å². The first kappa shape index (κ1) is 17.6. The molecule has 7 nitrogen and oxygen atoms in total. The van der Waals surface area contributed by atoms with Crippen LogP contribution in [0.5, 0.6) is 0 Å². The average Bonchev–Trinajstić information content (AvgIpc) is 2.95. The topological polar surface area (TPSA) is 80.5 Å². The van der Waals surface area contributed by atoms with Crippen molar-refractivity contribution in [1.29, 1.82) is 0 Å². The van der Waals surface area contributed by atoms with Crippen LogP contribution in [0.1, 0.15) is 16.8 Å². The van der Waals surface area contributed by atoms with Gasteiger partial charge in [-0.15, -0.1) is 0 Å². The summed E-state index contributed by atoms with van der Waals surface area (Å²) in [7, 11) is 1.37. The fourth-order valence-electron chi connectivity index (χ4n) is 2.35. The van der Waals surface area contributed by atoms with E-state index in [0.717, 1.165) is 17.5 Å². The van der Waals surface area contributed by atoms with Gasteiger partial charge in [0.25, 0.3) is 0 Å². The van der Waals surface area contributed by atoms with E-state index in [9.17, 15) is 13.2 Å². The predicted molar refractivity (Wildman–Crippen MR) is 90.2 cm³/mol. The third-order valence-electron chi connectivity index (χ3n) is 3.74. The van der Waals surface area contributed by atoms with Crippen LogP contribution in [0.25, 0.3) is 0 Å². The quantitative estimate of drug-likeness (QED) is 0.724. The van der Waals surface area contributed by atoms with Crippen molar-refractivity contribution in [3.63, 3.8) is 0 Å². The van der Waals surface area contributed by atoms with Gasteiger partial charge >= 0.3 is 6.18 Å². The first-order chi connectivity index (χ1) is 12.4. The van der Waals surface area contributed by atoms with Crippen molar-refractivity contribution in [1.82, 2.24) is 24.7 Å². The van der Waals surface area contributed by atoms with E-state index in [0.29, 0.717) is 12.2 Å². The molecule has 0 amide bonds. The van der Waals surface area contributed by atoms with E-state index in [1.165, 1.54) is 7.05 Å². The molecule has 136 valence electrons. The fraction of sp³-hybridized carbons (Fsp3) is 0.250. The van der Waals surface area contributed by atoms with E-state index in [2.05, 4.69) is 30.7 Å². The predicted octanol–water partition coefficient (Wildman–Crippen LogP) is 3.23. The Morgan fingerprint density at radius 1 is 1.19 bits per heavy atom. The second-order valence-corrected chi connectivity index (χ2v) is 5.49. The van der Waals surface area contributed by atoms with Gasteiger partial charge in [-0.3, -0.25) is 9.67 Å². The lowest BCUT2D eigenvalue weighted by atomic mass is 10.3. The molecule has 0 atom stereocenters. The van der Waals surface area contributed by atoms with E-state index < -0.39 is 11.7 Å². The molecule has 0 aliphatic carbocycles. The average molecular weight is 363 g/mol. The molecule has 0 spiro atoms. The summed E-state index contributed by atoms with van der Waals surface area (Å²) in [4.78, 5) is 11.7. The number of hydrogen-bond donors (Lipinski definition) is 2. The Morgan fingerprint density at radius 3 is 2.65 bits per heavy atom. The number of pyridine rings is 1. The van der Waals surface area contributed by atoms with Crippen LogP contribution in [0.4, 0.5) is 30.6 Å². The molecule has 26 heavy (non-hydrogen) atoms. The second-order valence-electron chi connectivity index (χ2n) is 5.49. The molecule has 0 aliphatic heterocycles. The Kier molecular flexibility index (Phi) is 4.74. The largest absolute Gasteiger partial charge is 0.421 e. The molecule has 3 aromatic rings. The minimum atomic E-state index is -4.53. The summed E-state index contributed by atoms with van der Waals surface area (Å²) in [5.74, 6) is -0.248. The van der Waals surface area contributed by atoms with Gasteiger partial charge in [-0.05, 0) is 18.6 Å². The molecule has 2 N–H and O–H groups in total. The van der Waals surface area contributed by atoms with Crippen molar-refractivity contribution >= 4 is 17.5 Å². The first-order valence-corrected chi connectivity index (χ1v) is 7.69. The van der Waals surface area contributed by atoms with E-state index in [4.69, 9.17) is 0 Å². The monoisotopic (exact) mass is 363 g/mol. The number of hydrogen-bond acceptors (Lipinski definition) is 6. The number of nitrogens with zero attached hydrogens (tertiary/aromatic N) is 5. The van der Waals surface area contributed by atoms with Gasteiger partial charge in [-0.2, -0.15) is 23.3 Å². The van der Waals surface area contributed by atoms with Crippen molar-refractivity contribution in [2.75, 3.05) is 17.7 Å². The maximum Gasteiger partial charge on any atom is 0.421 e. The number of rotatable bonds is 5. The lowest BCUT2D eigenvalue weighted by molar-refractivity contribution is -0.137. The van der Waals surface area contributed by atoms with Crippen LogP contribution < -0.4 is 10.6 Å². The molecule has 0 bridgehead atoms. The summed E-state index contributed by atoms with van der Waals surface area (Å²) in [6, 6.07) is 3.77. The number of nitrogens with one attached hydrogen (secondary N) is 2. The molecular weight excluding hydrogens is 347 g/mol. The Morgan fingerprint density at radius 2 is 2.00 bits per heavy atom. The van der Waals surface area contributed by atoms with Crippen LogP contribution in [0.2, 0.25) is 0 Å². The van der Waals surface area contributed by atoms with Gasteiger partial charge in [0.05, 0.1) is 24.1 Å². The molecule has 0 aliphatic rings. The summed E-state index contributed by atoms with van der Waals surface area (Å²) in [5, 5.41) is 9.63. The maximum absolute atomic E-state index is 12.9. The van der Waals surface area contributed by atoms with E-state index in [1.54, 1.807) is 23.3 Å². The van der Waals surface area contributed by atoms with Crippen LogP contribution in [0, 0.1) is 6.92 Å². The molecule has 0 saturated carbocycles. The highest BCUT2D eigenvalue weighted by Crippen LogP contribution is 2.33. The molecule has 3 aromatic heterocycles. The zero-order chi connectivity index (χ0) is 18.7. The minimum Gasteiger partial charge on any atom is -0.372 e. The van der Waals surface area contributed by atoms with E-state index in [1.807, 2.05) is 19.1 Å². The smallest absolute Gasteiger partial charge is 0.372 e. The summed E-state index contributed by atoms with van der Waals surface area (Å²) in [5.41, 5.74) is 1.46. The number of halogens is 3. The second kappa shape index (κ2) is 6.98. The molecule has 10 heteroatoms. The lowest BCUT2D eigenvalue weighted by Gasteiger charge is -2.12. The van der Waals surface area contributed by atoms with Gasteiger partial charge in [-0.25, -0.2) is 4.98 Å². The van der Waals surface area contributed by atoms with Crippen molar-refractivity contribution in [2.45, 2.75) is 19.6 Å². The normalized spacial score (nSPS) is 11.4. The van der Waals surface area contributed by atoms with Crippen LogP contribution in [0.3, 0.4) is 0 Å². The lowest BCUT2D eigenvalue weighted by Crippen LogP contribution is -2.12.